The van der Waals surface area contributed by atoms with Gasteiger partial charge in [0.2, 0.25) is 0 Å². The van der Waals surface area contributed by atoms with Crippen LogP contribution in [0.25, 0.3) is 10.8 Å². The minimum atomic E-state index is -4.49. The van der Waals surface area contributed by atoms with Crippen LogP contribution in [-0.2, 0) is 23.0 Å². The molecule has 0 heterocycles. The normalized spacial score (nSPS) is 11.6. The molecule has 0 radical (unpaired) electrons. The molecule has 0 saturated heterocycles. The average Bonchev–Trinajstić information content (AvgIpc) is 2.67. The van der Waals surface area contributed by atoms with Crippen LogP contribution in [0.4, 0.5) is 0 Å². The first-order valence-electron chi connectivity index (χ1n) is 11.0. The van der Waals surface area contributed by atoms with E-state index < -0.39 is 10.1 Å². The molecule has 2 aromatic carbocycles. The quantitative estimate of drug-likeness (QED) is 0.278. The van der Waals surface area contributed by atoms with Crippen molar-refractivity contribution in [3.8, 4) is 0 Å². The van der Waals surface area contributed by atoms with Gasteiger partial charge in [0.15, 0.2) is 0 Å². The molecule has 0 bridgehead atoms. The third-order valence-electron chi connectivity index (χ3n) is 5.55. The van der Waals surface area contributed by atoms with Gasteiger partial charge in [-0.15, -0.1) is 0 Å². The summed E-state index contributed by atoms with van der Waals surface area (Å²) < 4.78 is 35.7. The molecule has 29 heavy (non-hydrogen) atoms. The van der Waals surface area contributed by atoms with Crippen LogP contribution in [0.5, 0.6) is 0 Å². The van der Waals surface area contributed by atoms with Gasteiger partial charge in [0.25, 0.3) is 0 Å². The first kappa shape index (κ1) is 26.6. The fourth-order valence-corrected chi connectivity index (χ4v) is 4.71. The molecular formula is C24H35NaO3S. The van der Waals surface area contributed by atoms with Crippen molar-refractivity contribution in [2.24, 2.45) is 0 Å². The van der Waals surface area contributed by atoms with Crippen LogP contribution in [0.1, 0.15) is 89.2 Å². The van der Waals surface area contributed by atoms with E-state index in [1.54, 1.807) is 6.07 Å². The second-order valence-corrected chi connectivity index (χ2v) is 9.19. The van der Waals surface area contributed by atoms with Crippen molar-refractivity contribution in [3.05, 3.63) is 41.5 Å². The molecule has 0 aliphatic carbocycles. The maximum atomic E-state index is 11.9. The Morgan fingerprint density at radius 1 is 0.724 bits per heavy atom. The molecule has 0 aliphatic heterocycles. The Morgan fingerprint density at radius 2 is 1.24 bits per heavy atom. The van der Waals surface area contributed by atoms with Crippen LogP contribution in [-0.4, -0.2) is 13.0 Å². The first-order chi connectivity index (χ1) is 13.5. The summed E-state index contributed by atoms with van der Waals surface area (Å²) in [4.78, 5) is -0.0543. The molecule has 2 aromatic rings. The number of benzene rings is 2. The van der Waals surface area contributed by atoms with E-state index in [-0.39, 0.29) is 34.5 Å². The Labute approximate surface area is 199 Å². The van der Waals surface area contributed by atoms with Gasteiger partial charge >= 0.3 is 29.6 Å². The van der Waals surface area contributed by atoms with Crippen molar-refractivity contribution in [2.45, 2.75) is 95.8 Å². The van der Waals surface area contributed by atoms with E-state index in [0.29, 0.717) is 5.39 Å². The van der Waals surface area contributed by atoms with Gasteiger partial charge in [0.05, 0.1) is 4.90 Å². The molecule has 2 rings (SSSR count). The van der Waals surface area contributed by atoms with Crippen LogP contribution in [0.3, 0.4) is 0 Å². The molecule has 3 nitrogen and oxygen atoms in total. The van der Waals surface area contributed by atoms with Crippen LogP contribution >= 0.6 is 0 Å². The van der Waals surface area contributed by atoms with E-state index in [1.807, 2.05) is 6.07 Å². The Balaban J connectivity index is 0.00000420. The molecule has 0 N–H and O–H groups in total. The second-order valence-electron chi connectivity index (χ2n) is 7.85. The fourth-order valence-electron chi connectivity index (χ4n) is 3.98. The van der Waals surface area contributed by atoms with Gasteiger partial charge in [-0.2, -0.15) is 0 Å². The molecule has 0 fully saturated rings. The number of hydrogen-bond donors (Lipinski definition) is 0. The monoisotopic (exact) mass is 426 g/mol. The van der Waals surface area contributed by atoms with Crippen LogP contribution in [0, 0.1) is 0 Å². The number of rotatable bonds is 13. The van der Waals surface area contributed by atoms with Crippen molar-refractivity contribution in [1.82, 2.24) is 0 Å². The zero-order chi connectivity index (χ0) is 20.4. The Hall–Kier alpha value is -0.390. The van der Waals surface area contributed by atoms with Crippen LogP contribution in [0.2, 0.25) is 0 Å². The summed E-state index contributed by atoms with van der Waals surface area (Å²) in [5.74, 6) is 0. The van der Waals surface area contributed by atoms with Crippen LogP contribution in [0.15, 0.2) is 35.2 Å². The SMILES string of the molecule is CCCCCCCc1ccc(CCCCCCC)c2c(S(=O)(=O)[O-])cccc12.[Na+]. The van der Waals surface area contributed by atoms with Gasteiger partial charge in [-0.3, -0.25) is 0 Å². The molecule has 0 unspecified atom stereocenters. The summed E-state index contributed by atoms with van der Waals surface area (Å²) >= 11 is 0. The van der Waals surface area contributed by atoms with E-state index in [4.69, 9.17) is 0 Å². The van der Waals surface area contributed by atoms with Gasteiger partial charge in [-0.25, -0.2) is 8.42 Å². The van der Waals surface area contributed by atoms with E-state index in [9.17, 15) is 13.0 Å². The summed E-state index contributed by atoms with van der Waals surface area (Å²) in [6.07, 6.45) is 13.6. The molecule has 0 aliphatic rings. The Kier molecular flexibility index (Phi) is 12.7. The zero-order valence-electron chi connectivity index (χ0n) is 18.5. The average molecular weight is 427 g/mol. The van der Waals surface area contributed by atoms with Crippen LogP contribution < -0.4 is 29.6 Å². The summed E-state index contributed by atoms with van der Waals surface area (Å²) in [5.41, 5.74) is 2.16. The zero-order valence-corrected chi connectivity index (χ0v) is 21.3. The van der Waals surface area contributed by atoms with Gasteiger partial charge in [-0.05, 0) is 48.3 Å². The first-order valence-corrected chi connectivity index (χ1v) is 12.4. The van der Waals surface area contributed by atoms with Gasteiger partial charge < -0.3 is 4.55 Å². The van der Waals surface area contributed by atoms with Gasteiger partial charge in [0, 0.05) is 5.39 Å². The maximum Gasteiger partial charge on any atom is 1.00 e. The predicted octanol–water partition coefficient (Wildman–Crippen LogP) is 3.77. The fraction of sp³-hybridized carbons (Fsp3) is 0.583. The summed E-state index contributed by atoms with van der Waals surface area (Å²) in [5, 5.41) is 1.61. The second kappa shape index (κ2) is 13.8. The molecule has 5 heteroatoms. The molecule has 0 aromatic heterocycles. The minimum absolute atomic E-state index is 0. The minimum Gasteiger partial charge on any atom is -0.744 e. The summed E-state index contributed by atoms with van der Waals surface area (Å²) in [7, 11) is -4.49. The summed E-state index contributed by atoms with van der Waals surface area (Å²) in [6.45, 7) is 4.40. The number of aryl methyl sites for hydroxylation is 2. The van der Waals surface area contributed by atoms with Gasteiger partial charge in [0.1, 0.15) is 10.1 Å². The van der Waals surface area contributed by atoms with E-state index in [2.05, 4.69) is 26.0 Å². The van der Waals surface area contributed by atoms with Crippen molar-refractivity contribution in [1.29, 1.82) is 0 Å². The van der Waals surface area contributed by atoms with Crippen molar-refractivity contribution < 1.29 is 42.5 Å². The van der Waals surface area contributed by atoms with E-state index in [1.165, 1.54) is 51.0 Å². The number of hydrogen-bond acceptors (Lipinski definition) is 3. The van der Waals surface area contributed by atoms with E-state index >= 15 is 0 Å². The van der Waals surface area contributed by atoms with Crippen molar-refractivity contribution >= 4 is 20.9 Å². The number of fused-ring (bicyclic) bond motifs is 1. The molecule has 0 atom stereocenters. The van der Waals surface area contributed by atoms with Crippen molar-refractivity contribution in [3.63, 3.8) is 0 Å². The standard InChI is InChI=1S/C24H36O3S.Na/c1-3-5-7-9-11-14-20-18-19-21(15-12-10-8-6-4-2)24-22(20)16-13-17-23(24)28(25,26)27;/h13,16-19H,3-12,14-15H2,1-2H3,(H,25,26,27);/q;+1/p-1. The smallest absolute Gasteiger partial charge is 0.744 e. The topological polar surface area (TPSA) is 57.2 Å². The Bertz CT molecular complexity index is 847. The maximum absolute atomic E-state index is 11.9. The van der Waals surface area contributed by atoms with Gasteiger partial charge in [-0.1, -0.05) is 89.5 Å². The third-order valence-corrected chi connectivity index (χ3v) is 6.43. The Morgan fingerprint density at radius 3 is 1.79 bits per heavy atom. The number of unbranched alkanes of at least 4 members (excludes halogenated alkanes) is 8. The largest absolute Gasteiger partial charge is 1.00 e. The molecule has 0 saturated carbocycles. The molecular weight excluding hydrogens is 391 g/mol. The molecule has 0 amide bonds. The third kappa shape index (κ3) is 8.34. The summed E-state index contributed by atoms with van der Waals surface area (Å²) in [6, 6.07) is 9.35. The van der Waals surface area contributed by atoms with E-state index in [0.717, 1.165) is 48.6 Å². The van der Waals surface area contributed by atoms with Crippen molar-refractivity contribution in [2.75, 3.05) is 0 Å². The molecule has 156 valence electrons. The molecule has 0 spiro atoms. The predicted molar refractivity (Wildman–Crippen MR) is 117 cm³/mol.